The van der Waals surface area contributed by atoms with Crippen LogP contribution in [0.4, 0.5) is 19.0 Å². The first-order valence-corrected chi connectivity index (χ1v) is 6.43. The van der Waals surface area contributed by atoms with Crippen molar-refractivity contribution < 1.29 is 23.4 Å². The molecule has 1 unspecified atom stereocenters. The van der Waals surface area contributed by atoms with E-state index >= 15 is 0 Å². The van der Waals surface area contributed by atoms with Crippen molar-refractivity contribution >= 4 is 5.82 Å². The number of anilines is 1. The van der Waals surface area contributed by atoms with Crippen molar-refractivity contribution in [3.63, 3.8) is 0 Å². The molecule has 22 heavy (non-hydrogen) atoms. The van der Waals surface area contributed by atoms with Crippen LogP contribution in [0.2, 0.25) is 0 Å². The fourth-order valence-corrected chi connectivity index (χ4v) is 2.00. The molecule has 2 aromatic rings. The summed E-state index contributed by atoms with van der Waals surface area (Å²) in [5.74, 6) is -0.872. The lowest BCUT2D eigenvalue weighted by Crippen LogP contribution is -2.22. The molecule has 0 aliphatic heterocycles. The third-order valence-electron chi connectivity index (χ3n) is 2.99. The van der Waals surface area contributed by atoms with Gasteiger partial charge in [-0.15, -0.1) is 5.10 Å². The lowest BCUT2D eigenvalue weighted by atomic mass is 10.1. The number of benzene rings is 1. The monoisotopic (exact) mass is 313 g/mol. The van der Waals surface area contributed by atoms with Gasteiger partial charge in [0.05, 0.1) is 6.20 Å². The Bertz CT molecular complexity index is 662. The van der Waals surface area contributed by atoms with Crippen molar-refractivity contribution in [2.45, 2.75) is 25.6 Å². The SMILES string of the molecule is CC(Cc1ccc(O)c(O)c1)Nc1nnccc1C(F)(F)F. The second-order valence-corrected chi connectivity index (χ2v) is 4.86. The standard InChI is InChI=1S/C14H14F3N3O2/c1-8(6-9-2-3-11(21)12(22)7-9)19-13-10(14(15,16)17)4-5-18-20-13/h2-5,7-8,21-22H,6H2,1H3,(H,19,20). The molecule has 5 nitrogen and oxygen atoms in total. The lowest BCUT2D eigenvalue weighted by Gasteiger charge is -2.17. The van der Waals surface area contributed by atoms with E-state index in [0.29, 0.717) is 12.0 Å². The summed E-state index contributed by atoms with van der Waals surface area (Å²) in [6, 6.07) is 4.72. The summed E-state index contributed by atoms with van der Waals surface area (Å²) in [4.78, 5) is 0. The van der Waals surface area contributed by atoms with E-state index in [1.807, 2.05) is 0 Å². The van der Waals surface area contributed by atoms with Crippen LogP contribution in [0.3, 0.4) is 0 Å². The van der Waals surface area contributed by atoms with Crippen molar-refractivity contribution in [1.29, 1.82) is 0 Å². The van der Waals surface area contributed by atoms with Crippen LogP contribution in [0.5, 0.6) is 11.5 Å². The van der Waals surface area contributed by atoms with Gasteiger partial charge < -0.3 is 15.5 Å². The number of aromatic nitrogens is 2. The van der Waals surface area contributed by atoms with Gasteiger partial charge in [-0.3, -0.25) is 0 Å². The van der Waals surface area contributed by atoms with Gasteiger partial charge in [-0.25, -0.2) is 0 Å². The first-order chi connectivity index (χ1) is 10.3. The number of rotatable bonds is 4. The molecule has 1 aromatic heterocycles. The van der Waals surface area contributed by atoms with Crippen LogP contribution in [-0.4, -0.2) is 26.5 Å². The number of aromatic hydroxyl groups is 2. The number of phenols is 2. The average molecular weight is 313 g/mol. The van der Waals surface area contributed by atoms with Gasteiger partial charge in [0.1, 0.15) is 5.56 Å². The molecule has 0 saturated heterocycles. The Morgan fingerprint density at radius 1 is 1.18 bits per heavy atom. The van der Waals surface area contributed by atoms with Crippen LogP contribution in [0.1, 0.15) is 18.1 Å². The number of phenolic OH excluding ortho intramolecular Hbond substituents is 2. The number of halogens is 3. The highest BCUT2D eigenvalue weighted by Gasteiger charge is 2.34. The highest BCUT2D eigenvalue weighted by Crippen LogP contribution is 2.33. The summed E-state index contributed by atoms with van der Waals surface area (Å²) in [7, 11) is 0. The minimum atomic E-state index is -4.52. The molecular weight excluding hydrogens is 299 g/mol. The maximum atomic E-state index is 12.9. The Balaban J connectivity index is 2.12. The number of alkyl halides is 3. The van der Waals surface area contributed by atoms with Crippen molar-refractivity contribution in [3.8, 4) is 11.5 Å². The van der Waals surface area contributed by atoms with Gasteiger partial charge in [0, 0.05) is 6.04 Å². The van der Waals surface area contributed by atoms with E-state index < -0.39 is 11.7 Å². The molecule has 0 saturated carbocycles. The van der Waals surface area contributed by atoms with Crippen molar-refractivity contribution in [1.82, 2.24) is 10.2 Å². The number of nitrogens with zero attached hydrogens (tertiary/aromatic N) is 2. The van der Waals surface area contributed by atoms with Crippen LogP contribution in [-0.2, 0) is 12.6 Å². The van der Waals surface area contributed by atoms with Gasteiger partial charge in [0.25, 0.3) is 0 Å². The molecule has 1 heterocycles. The summed E-state index contributed by atoms with van der Waals surface area (Å²) < 4.78 is 38.6. The zero-order chi connectivity index (χ0) is 16.3. The Labute approximate surface area is 124 Å². The molecule has 0 bridgehead atoms. The smallest absolute Gasteiger partial charge is 0.420 e. The maximum absolute atomic E-state index is 12.9. The molecule has 118 valence electrons. The Morgan fingerprint density at radius 3 is 2.55 bits per heavy atom. The first kappa shape index (κ1) is 15.9. The van der Waals surface area contributed by atoms with Crippen LogP contribution in [0.25, 0.3) is 0 Å². The molecule has 3 N–H and O–H groups in total. The number of hydrogen-bond donors (Lipinski definition) is 3. The van der Waals surface area contributed by atoms with Gasteiger partial charge >= 0.3 is 6.18 Å². The van der Waals surface area contributed by atoms with E-state index in [4.69, 9.17) is 0 Å². The fraction of sp³-hybridized carbons (Fsp3) is 0.286. The molecule has 0 aliphatic carbocycles. The lowest BCUT2D eigenvalue weighted by molar-refractivity contribution is -0.137. The van der Waals surface area contributed by atoms with E-state index in [9.17, 15) is 23.4 Å². The summed E-state index contributed by atoms with van der Waals surface area (Å²) in [6.07, 6.45) is -3.20. The summed E-state index contributed by atoms with van der Waals surface area (Å²) >= 11 is 0. The molecule has 0 fully saturated rings. The molecule has 8 heteroatoms. The zero-order valence-corrected chi connectivity index (χ0v) is 11.6. The largest absolute Gasteiger partial charge is 0.504 e. The Morgan fingerprint density at radius 2 is 1.91 bits per heavy atom. The maximum Gasteiger partial charge on any atom is 0.420 e. The molecule has 2 rings (SSSR count). The van der Waals surface area contributed by atoms with E-state index in [0.717, 1.165) is 12.3 Å². The summed E-state index contributed by atoms with van der Waals surface area (Å²) in [5.41, 5.74) is -0.226. The van der Waals surface area contributed by atoms with E-state index in [1.54, 1.807) is 13.0 Å². The first-order valence-electron chi connectivity index (χ1n) is 6.43. The quantitative estimate of drug-likeness (QED) is 0.756. The van der Waals surface area contributed by atoms with Gasteiger partial charge in [0.2, 0.25) is 0 Å². The molecule has 1 atom stereocenters. The average Bonchev–Trinajstić information content (AvgIpc) is 2.42. The topological polar surface area (TPSA) is 78.3 Å². The van der Waals surface area contributed by atoms with Crippen LogP contribution in [0, 0.1) is 0 Å². The number of hydrogen-bond acceptors (Lipinski definition) is 5. The second-order valence-electron chi connectivity index (χ2n) is 4.86. The van der Waals surface area contributed by atoms with Crippen LogP contribution in [0.15, 0.2) is 30.5 Å². The van der Waals surface area contributed by atoms with Gasteiger partial charge in [-0.1, -0.05) is 6.07 Å². The Hall–Kier alpha value is -2.51. The highest BCUT2D eigenvalue weighted by atomic mass is 19.4. The molecular formula is C14H14F3N3O2. The summed E-state index contributed by atoms with van der Waals surface area (Å²) in [5, 5.41) is 28.3. The van der Waals surface area contributed by atoms with Crippen molar-refractivity contribution in [3.05, 3.63) is 41.6 Å². The minimum Gasteiger partial charge on any atom is -0.504 e. The van der Waals surface area contributed by atoms with Crippen LogP contribution >= 0.6 is 0 Å². The number of nitrogens with one attached hydrogen (secondary N) is 1. The zero-order valence-electron chi connectivity index (χ0n) is 11.6. The fourth-order valence-electron chi connectivity index (χ4n) is 2.00. The molecule has 1 aromatic carbocycles. The van der Waals surface area contributed by atoms with Gasteiger partial charge in [0.15, 0.2) is 17.3 Å². The predicted molar refractivity (Wildman–Crippen MR) is 73.6 cm³/mol. The molecule has 0 spiro atoms. The van der Waals surface area contributed by atoms with E-state index in [-0.39, 0.29) is 23.4 Å². The van der Waals surface area contributed by atoms with E-state index in [2.05, 4.69) is 15.5 Å². The van der Waals surface area contributed by atoms with Crippen LogP contribution < -0.4 is 5.32 Å². The molecule has 0 amide bonds. The van der Waals surface area contributed by atoms with Crippen molar-refractivity contribution in [2.24, 2.45) is 0 Å². The van der Waals surface area contributed by atoms with Gasteiger partial charge in [-0.05, 0) is 37.1 Å². The third-order valence-corrected chi connectivity index (χ3v) is 2.99. The normalized spacial score (nSPS) is 12.9. The third kappa shape index (κ3) is 3.78. The summed E-state index contributed by atoms with van der Waals surface area (Å²) in [6.45, 7) is 1.68. The molecule has 0 radical (unpaired) electrons. The molecule has 0 aliphatic rings. The van der Waals surface area contributed by atoms with E-state index in [1.165, 1.54) is 12.1 Å². The predicted octanol–water partition coefficient (Wildman–Crippen LogP) is 2.95. The minimum absolute atomic E-state index is 0.252. The Kier molecular flexibility index (Phi) is 4.39. The highest BCUT2D eigenvalue weighted by molar-refractivity contribution is 5.46. The van der Waals surface area contributed by atoms with Gasteiger partial charge in [-0.2, -0.15) is 18.3 Å². The van der Waals surface area contributed by atoms with Crippen molar-refractivity contribution in [2.75, 3.05) is 5.32 Å². The second kappa shape index (κ2) is 6.08.